The van der Waals surface area contributed by atoms with E-state index in [0.29, 0.717) is 41.3 Å². The number of hydrogen-bond donors (Lipinski definition) is 3. The van der Waals surface area contributed by atoms with Crippen molar-refractivity contribution in [2.75, 3.05) is 41.7 Å². The topological polar surface area (TPSA) is 120 Å². The first kappa shape index (κ1) is 32.4. The zero-order valence-corrected chi connectivity index (χ0v) is 26.9. The number of amides is 2. The van der Waals surface area contributed by atoms with Crippen LogP contribution in [0.4, 0.5) is 22.9 Å². The Morgan fingerprint density at radius 3 is 2.30 bits per heavy atom. The Morgan fingerprint density at radius 1 is 0.978 bits per heavy atom. The highest BCUT2D eigenvalue weighted by Gasteiger charge is 2.19. The second kappa shape index (κ2) is 14.4. The van der Waals surface area contributed by atoms with Crippen LogP contribution in [0.25, 0.3) is 11.3 Å². The van der Waals surface area contributed by atoms with E-state index in [0.717, 1.165) is 49.2 Å². The largest absolute Gasteiger partial charge is 0.393 e. The van der Waals surface area contributed by atoms with Gasteiger partial charge >= 0.3 is 0 Å². The standard InChI is InChI=1S/C36H42N6O4/c1-5-20-41(6-2)35(45)26-10-14-27(15-11-26)37-33-36(46)40(4)23-32(38-33)30-8-7-9-31(24(30)3)39-34(44)25-12-16-28(17-13-25)42-21-18-29(43)19-22-42/h7-17,23,29,43H,5-6,18-22H2,1-4H3,(H,37,38)(H,39,44). The van der Waals surface area contributed by atoms with Gasteiger partial charge in [-0.1, -0.05) is 19.1 Å². The van der Waals surface area contributed by atoms with E-state index in [-0.39, 0.29) is 29.3 Å². The third-order valence-corrected chi connectivity index (χ3v) is 8.45. The van der Waals surface area contributed by atoms with Gasteiger partial charge in [-0.3, -0.25) is 14.4 Å². The Labute approximate surface area is 269 Å². The van der Waals surface area contributed by atoms with Crippen molar-refractivity contribution in [3.05, 3.63) is 100.0 Å². The zero-order valence-electron chi connectivity index (χ0n) is 26.9. The number of aliphatic hydroxyl groups is 1. The fraction of sp³-hybridized carbons (Fsp3) is 0.333. The summed E-state index contributed by atoms with van der Waals surface area (Å²) in [4.78, 5) is 47.8. The molecule has 3 aromatic carbocycles. The number of anilines is 4. The molecule has 10 heteroatoms. The monoisotopic (exact) mass is 622 g/mol. The van der Waals surface area contributed by atoms with Crippen molar-refractivity contribution in [1.82, 2.24) is 14.5 Å². The zero-order chi connectivity index (χ0) is 32.8. The highest BCUT2D eigenvalue weighted by atomic mass is 16.3. The van der Waals surface area contributed by atoms with Crippen molar-refractivity contribution in [2.24, 2.45) is 7.05 Å². The van der Waals surface area contributed by atoms with Crippen molar-refractivity contribution >= 4 is 34.7 Å². The van der Waals surface area contributed by atoms with Gasteiger partial charge in [0.05, 0.1) is 11.8 Å². The summed E-state index contributed by atoms with van der Waals surface area (Å²) in [5.74, 6) is -0.0990. The van der Waals surface area contributed by atoms with E-state index in [1.807, 2.05) is 68.1 Å². The summed E-state index contributed by atoms with van der Waals surface area (Å²) < 4.78 is 1.47. The van der Waals surface area contributed by atoms with Crippen LogP contribution in [-0.4, -0.2) is 63.7 Å². The van der Waals surface area contributed by atoms with Gasteiger partial charge in [0.1, 0.15) is 0 Å². The summed E-state index contributed by atoms with van der Waals surface area (Å²) in [5.41, 5.74) is 5.30. The van der Waals surface area contributed by atoms with Crippen molar-refractivity contribution in [1.29, 1.82) is 0 Å². The van der Waals surface area contributed by atoms with Crippen LogP contribution in [-0.2, 0) is 7.05 Å². The van der Waals surface area contributed by atoms with E-state index < -0.39 is 0 Å². The first-order valence-corrected chi connectivity index (χ1v) is 15.9. The fourth-order valence-electron chi connectivity index (χ4n) is 5.70. The molecule has 0 saturated carbocycles. The van der Waals surface area contributed by atoms with Gasteiger partial charge in [-0.25, -0.2) is 4.98 Å². The lowest BCUT2D eigenvalue weighted by Gasteiger charge is -2.31. The normalized spacial score (nSPS) is 13.4. The minimum Gasteiger partial charge on any atom is -0.393 e. The number of hydrogen-bond acceptors (Lipinski definition) is 7. The molecule has 10 nitrogen and oxygen atoms in total. The Bertz CT molecular complexity index is 1740. The Balaban J connectivity index is 1.32. The predicted octanol–water partition coefficient (Wildman–Crippen LogP) is 5.58. The van der Waals surface area contributed by atoms with Gasteiger partial charge in [-0.2, -0.15) is 0 Å². The Hall–Kier alpha value is -4.96. The van der Waals surface area contributed by atoms with Gasteiger partial charge < -0.3 is 30.1 Å². The number of aliphatic hydroxyl groups excluding tert-OH is 1. The van der Waals surface area contributed by atoms with Gasteiger partial charge in [0.2, 0.25) is 0 Å². The summed E-state index contributed by atoms with van der Waals surface area (Å²) in [6.45, 7) is 8.84. The van der Waals surface area contributed by atoms with Crippen molar-refractivity contribution in [3.8, 4) is 11.3 Å². The SMILES string of the molecule is CCCN(CC)C(=O)c1ccc(Nc2nc(-c3cccc(NC(=O)c4ccc(N5CCC(O)CC5)cc4)c3C)cn(C)c2=O)cc1. The summed E-state index contributed by atoms with van der Waals surface area (Å²) in [5, 5.41) is 15.9. The predicted molar refractivity (Wildman–Crippen MR) is 183 cm³/mol. The Kier molecular flexibility index (Phi) is 10.2. The van der Waals surface area contributed by atoms with Gasteiger partial charge in [0.15, 0.2) is 5.82 Å². The number of nitrogens with zero attached hydrogens (tertiary/aromatic N) is 4. The van der Waals surface area contributed by atoms with Gasteiger partial charge in [-0.15, -0.1) is 0 Å². The first-order valence-electron chi connectivity index (χ1n) is 15.9. The molecule has 1 aliphatic rings. The molecule has 0 radical (unpaired) electrons. The number of benzene rings is 3. The molecular weight excluding hydrogens is 580 g/mol. The van der Waals surface area contributed by atoms with E-state index in [1.165, 1.54) is 4.57 Å². The fourth-order valence-corrected chi connectivity index (χ4v) is 5.70. The van der Waals surface area contributed by atoms with E-state index in [4.69, 9.17) is 0 Å². The molecule has 5 rings (SSSR count). The minimum absolute atomic E-state index is 0.0228. The molecule has 0 spiro atoms. The summed E-state index contributed by atoms with van der Waals surface area (Å²) in [7, 11) is 1.67. The third-order valence-electron chi connectivity index (χ3n) is 8.45. The van der Waals surface area contributed by atoms with Crippen LogP contribution in [0.15, 0.2) is 77.7 Å². The summed E-state index contributed by atoms with van der Waals surface area (Å²) >= 11 is 0. The number of carbonyl (C=O) groups excluding carboxylic acids is 2. The molecule has 0 unspecified atom stereocenters. The minimum atomic E-state index is -0.296. The molecule has 1 aliphatic heterocycles. The van der Waals surface area contributed by atoms with Gasteiger partial charge in [0, 0.05) is 73.2 Å². The van der Waals surface area contributed by atoms with Crippen molar-refractivity contribution < 1.29 is 14.7 Å². The van der Waals surface area contributed by atoms with Crippen LogP contribution < -0.4 is 21.1 Å². The van der Waals surface area contributed by atoms with E-state index in [1.54, 1.807) is 37.5 Å². The molecule has 1 aromatic heterocycles. The molecule has 1 saturated heterocycles. The summed E-state index contributed by atoms with van der Waals surface area (Å²) in [6, 6.07) is 20.1. The molecule has 3 N–H and O–H groups in total. The number of aryl methyl sites for hydroxylation is 1. The van der Waals surface area contributed by atoms with E-state index in [2.05, 4.69) is 20.5 Å². The molecule has 46 heavy (non-hydrogen) atoms. The van der Waals surface area contributed by atoms with Gasteiger partial charge in [0.25, 0.3) is 17.4 Å². The van der Waals surface area contributed by atoms with Crippen LogP contribution >= 0.6 is 0 Å². The average molecular weight is 623 g/mol. The molecule has 4 aromatic rings. The lowest BCUT2D eigenvalue weighted by Crippen LogP contribution is -2.35. The van der Waals surface area contributed by atoms with Crippen LogP contribution in [0.3, 0.4) is 0 Å². The van der Waals surface area contributed by atoms with E-state index in [9.17, 15) is 19.5 Å². The highest BCUT2D eigenvalue weighted by Crippen LogP contribution is 2.29. The van der Waals surface area contributed by atoms with Crippen LogP contribution in [0.2, 0.25) is 0 Å². The second-order valence-corrected chi connectivity index (χ2v) is 11.7. The molecule has 240 valence electrons. The smallest absolute Gasteiger partial charge is 0.293 e. The maximum absolute atomic E-state index is 13.2. The molecule has 1 fully saturated rings. The lowest BCUT2D eigenvalue weighted by molar-refractivity contribution is 0.0764. The highest BCUT2D eigenvalue weighted by molar-refractivity contribution is 6.05. The molecule has 0 atom stereocenters. The summed E-state index contributed by atoms with van der Waals surface area (Å²) in [6.07, 6.45) is 3.81. The Morgan fingerprint density at radius 2 is 1.65 bits per heavy atom. The molecule has 0 aliphatic carbocycles. The van der Waals surface area contributed by atoms with Crippen molar-refractivity contribution in [2.45, 2.75) is 46.1 Å². The number of piperidine rings is 1. The third kappa shape index (κ3) is 7.29. The van der Waals surface area contributed by atoms with Crippen LogP contribution in [0.1, 0.15) is 59.4 Å². The molecule has 0 bridgehead atoms. The van der Waals surface area contributed by atoms with Crippen LogP contribution in [0.5, 0.6) is 0 Å². The van der Waals surface area contributed by atoms with E-state index >= 15 is 0 Å². The molecular formula is C36H42N6O4. The number of rotatable bonds is 10. The average Bonchev–Trinajstić information content (AvgIpc) is 3.07. The van der Waals surface area contributed by atoms with Crippen molar-refractivity contribution in [3.63, 3.8) is 0 Å². The maximum atomic E-state index is 13.2. The quantitative estimate of drug-likeness (QED) is 0.211. The molecule has 2 amide bonds. The first-order chi connectivity index (χ1) is 22.2. The number of nitrogens with one attached hydrogen (secondary N) is 2. The van der Waals surface area contributed by atoms with Gasteiger partial charge in [-0.05, 0) is 93.3 Å². The maximum Gasteiger partial charge on any atom is 0.293 e. The lowest BCUT2D eigenvalue weighted by atomic mass is 10.0. The number of carbonyl (C=O) groups is 2. The van der Waals surface area contributed by atoms with Crippen LogP contribution in [0, 0.1) is 6.92 Å². The second-order valence-electron chi connectivity index (χ2n) is 11.7. The molecule has 2 heterocycles. The number of aromatic nitrogens is 2.